The van der Waals surface area contributed by atoms with Crippen LogP contribution in [0.15, 0.2) is 0 Å². The lowest BCUT2D eigenvalue weighted by Gasteiger charge is -2.07. The van der Waals surface area contributed by atoms with E-state index in [0.717, 1.165) is 18.0 Å². The molecule has 0 aliphatic carbocycles. The molecule has 27 heavy (non-hydrogen) atoms. The summed E-state index contributed by atoms with van der Waals surface area (Å²) in [6, 6.07) is 0. The van der Waals surface area contributed by atoms with Gasteiger partial charge in [-0.15, -0.1) is 0 Å². The Morgan fingerprint density at radius 1 is 0.667 bits per heavy atom. The first-order chi connectivity index (χ1) is 12.9. The zero-order chi connectivity index (χ0) is 20.8. The van der Waals surface area contributed by atoms with Crippen LogP contribution in [0.2, 0.25) is 0 Å². The van der Waals surface area contributed by atoms with Crippen LogP contribution in [0, 0.1) is 0 Å². The van der Waals surface area contributed by atoms with E-state index in [-0.39, 0.29) is 0 Å². The van der Waals surface area contributed by atoms with E-state index in [1.54, 1.807) is 0 Å². The summed E-state index contributed by atoms with van der Waals surface area (Å²) in [7, 11) is -2.85. The highest BCUT2D eigenvalue weighted by atomic mass is 32.3. The predicted octanol–water partition coefficient (Wildman–Crippen LogP) is 6.22. The summed E-state index contributed by atoms with van der Waals surface area (Å²) in [5.74, 6) is 4.49. The van der Waals surface area contributed by atoms with Crippen molar-refractivity contribution < 1.29 is 17.2 Å². The second-order valence-electron chi connectivity index (χ2n) is 7.13. The van der Waals surface area contributed by atoms with Gasteiger partial charge in [0.25, 0.3) is 0 Å². The normalized spacial score (nSPS) is 11.5. The van der Waals surface area contributed by atoms with E-state index in [9.17, 15) is 13.0 Å². The number of hydrogen-bond donors (Lipinski definition) is 0. The van der Waals surface area contributed by atoms with Gasteiger partial charge in [-0.3, -0.25) is 4.18 Å². The van der Waals surface area contributed by atoms with Crippen LogP contribution in [0.4, 0.5) is 0 Å². The van der Waals surface area contributed by atoms with Gasteiger partial charge in [0.15, 0.2) is 0 Å². The average molecular weight is 427 g/mol. The van der Waals surface area contributed by atoms with Gasteiger partial charge in [-0.25, -0.2) is 8.42 Å². The largest absolute Gasteiger partial charge is 0.726 e. The van der Waals surface area contributed by atoms with Gasteiger partial charge < -0.3 is 4.55 Å². The van der Waals surface area contributed by atoms with Gasteiger partial charge in [0, 0.05) is 0 Å². The number of unbranched alkanes of at least 4 members (excludes halogenated alkanes) is 12. The molecule has 0 aliphatic heterocycles. The quantitative estimate of drug-likeness (QED) is 0.113. The van der Waals surface area contributed by atoms with E-state index >= 15 is 0 Å². The monoisotopic (exact) mass is 426 g/mol. The van der Waals surface area contributed by atoms with Crippen LogP contribution in [-0.2, 0) is 25.5 Å². The van der Waals surface area contributed by atoms with Crippen LogP contribution >= 0.6 is 0 Å². The third-order valence-corrected chi connectivity index (χ3v) is 7.64. The molecule has 0 atom stereocenters. The summed E-state index contributed by atoms with van der Waals surface area (Å²) < 4.78 is 31.0. The maximum Gasteiger partial charge on any atom is 0.217 e. The molecule has 0 aliphatic rings. The molecule has 0 fully saturated rings. The molecule has 0 aromatic carbocycles. The fourth-order valence-electron chi connectivity index (χ4n) is 2.92. The first kappa shape index (κ1) is 29.4. The summed E-state index contributed by atoms with van der Waals surface area (Å²) >= 11 is 0. The fourth-order valence-corrected chi connectivity index (χ4v) is 4.92. The summed E-state index contributed by atoms with van der Waals surface area (Å²) in [6.45, 7) is 7.01. The third-order valence-electron chi connectivity index (χ3n) is 4.69. The van der Waals surface area contributed by atoms with Crippen molar-refractivity contribution in [2.45, 2.75) is 111 Å². The Hall–Kier alpha value is 0.220. The van der Waals surface area contributed by atoms with Gasteiger partial charge >= 0.3 is 0 Å². The van der Waals surface area contributed by atoms with Gasteiger partial charge in [0.05, 0.1) is 7.11 Å². The molecule has 0 aromatic heterocycles. The number of hydrogen-bond acceptors (Lipinski definition) is 4. The Labute approximate surface area is 173 Å². The molecule has 0 aromatic rings. The lowest BCUT2D eigenvalue weighted by molar-refractivity contribution is 0.314. The topological polar surface area (TPSA) is 66.4 Å². The molecule has 0 unspecified atom stereocenters. The van der Waals surface area contributed by atoms with Crippen molar-refractivity contribution in [1.82, 2.24) is 0 Å². The Balaban J connectivity index is 0. The van der Waals surface area contributed by atoms with Gasteiger partial charge in [-0.2, -0.15) is 0 Å². The smallest absolute Gasteiger partial charge is 0.217 e. The maximum absolute atomic E-state index is 9.22. The van der Waals surface area contributed by atoms with Crippen LogP contribution in [0.25, 0.3) is 0 Å². The minimum atomic E-state index is -4.41. The van der Waals surface area contributed by atoms with Gasteiger partial charge in [-0.1, -0.05) is 78.1 Å². The average Bonchev–Trinajstić information content (AvgIpc) is 2.64. The van der Waals surface area contributed by atoms with Gasteiger partial charge in [0.2, 0.25) is 10.4 Å². The standard InChI is InChI=1S/C20H43S.CH4O4S/c1-4-7-9-11-13-15-17-19-21(6-3)20-18-16-14-12-10-8-5-2;1-5-6(2,3)4/h4-20H2,1-3H3;1H3,(H,2,3,4)/q+1;/p-1. The van der Waals surface area contributed by atoms with E-state index in [1.165, 1.54) is 107 Å². The summed E-state index contributed by atoms with van der Waals surface area (Å²) in [6.07, 6.45) is 20.5. The van der Waals surface area contributed by atoms with Crippen LogP contribution in [-0.4, -0.2) is 37.3 Å². The third kappa shape index (κ3) is 28.5. The highest BCUT2D eigenvalue weighted by molar-refractivity contribution is 7.96. The van der Waals surface area contributed by atoms with Crippen molar-refractivity contribution in [2.24, 2.45) is 0 Å². The Morgan fingerprint density at radius 2 is 0.963 bits per heavy atom. The molecule has 0 rings (SSSR count). The SMILES string of the molecule is CCCCCCCCC[S+](CC)CCCCCCCCC.COS(=O)(=O)[O-]. The van der Waals surface area contributed by atoms with Crippen molar-refractivity contribution in [3.8, 4) is 0 Å². The van der Waals surface area contributed by atoms with Crippen molar-refractivity contribution in [3.05, 3.63) is 0 Å². The lowest BCUT2D eigenvalue weighted by atomic mass is 10.1. The second-order valence-corrected chi connectivity index (χ2v) is 10.9. The highest BCUT2D eigenvalue weighted by Crippen LogP contribution is 2.12. The van der Waals surface area contributed by atoms with E-state index in [4.69, 9.17) is 0 Å². The minimum Gasteiger partial charge on any atom is -0.726 e. The summed E-state index contributed by atoms with van der Waals surface area (Å²) in [5.41, 5.74) is 0. The molecule has 6 heteroatoms. The van der Waals surface area contributed by atoms with E-state index in [0.29, 0.717) is 0 Å². The Bertz CT molecular complexity index is 354. The Kier molecular flexibility index (Phi) is 24.5. The van der Waals surface area contributed by atoms with Crippen molar-refractivity contribution in [1.29, 1.82) is 0 Å². The van der Waals surface area contributed by atoms with Gasteiger partial charge in [0.1, 0.15) is 17.3 Å². The highest BCUT2D eigenvalue weighted by Gasteiger charge is 2.13. The summed E-state index contributed by atoms with van der Waals surface area (Å²) in [5, 5.41) is 0. The molecule has 0 spiro atoms. The van der Waals surface area contributed by atoms with Crippen LogP contribution in [0.5, 0.6) is 0 Å². The van der Waals surface area contributed by atoms with Gasteiger partial charge in [-0.05, 0) is 43.5 Å². The molecule has 4 nitrogen and oxygen atoms in total. The van der Waals surface area contributed by atoms with Crippen molar-refractivity contribution >= 4 is 21.3 Å². The molecule has 0 saturated carbocycles. The zero-order valence-corrected chi connectivity index (χ0v) is 20.1. The number of rotatable bonds is 18. The van der Waals surface area contributed by atoms with Crippen LogP contribution in [0.3, 0.4) is 0 Å². The first-order valence-corrected chi connectivity index (χ1v) is 14.1. The molecule has 0 amide bonds. The molecule has 0 N–H and O–H groups in total. The van der Waals surface area contributed by atoms with E-state index < -0.39 is 10.4 Å². The first-order valence-electron chi connectivity index (χ1n) is 11.1. The molecule has 0 saturated heterocycles. The maximum atomic E-state index is 9.22. The van der Waals surface area contributed by atoms with Crippen LogP contribution < -0.4 is 0 Å². The van der Waals surface area contributed by atoms with Crippen LogP contribution in [0.1, 0.15) is 111 Å². The predicted molar refractivity (Wildman–Crippen MR) is 120 cm³/mol. The van der Waals surface area contributed by atoms with E-state index in [2.05, 4.69) is 25.0 Å². The Morgan fingerprint density at radius 3 is 1.22 bits per heavy atom. The molecular formula is C21H46O4S2. The molecule has 0 bridgehead atoms. The fraction of sp³-hybridized carbons (Fsp3) is 1.00. The molecule has 166 valence electrons. The minimum absolute atomic E-state index is 0.751. The van der Waals surface area contributed by atoms with Crippen molar-refractivity contribution in [3.63, 3.8) is 0 Å². The molecule has 0 radical (unpaired) electrons. The second kappa shape index (κ2) is 22.5. The van der Waals surface area contributed by atoms with E-state index in [1.807, 2.05) is 0 Å². The molecular weight excluding hydrogens is 380 g/mol. The lowest BCUT2D eigenvalue weighted by Crippen LogP contribution is -2.14. The summed E-state index contributed by atoms with van der Waals surface area (Å²) in [4.78, 5) is 0. The zero-order valence-electron chi connectivity index (χ0n) is 18.5. The van der Waals surface area contributed by atoms with Crippen molar-refractivity contribution in [2.75, 3.05) is 24.4 Å². The molecule has 0 heterocycles.